The topological polar surface area (TPSA) is 116 Å². The van der Waals surface area contributed by atoms with Crippen molar-refractivity contribution in [1.29, 1.82) is 5.41 Å². The molecular weight excluding hydrogens is 460 g/mol. The molecule has 190 valence electrons. The molecule has 3 aromatic heterocycles. The summed E-state index contributed by atoms with van der Waals surface area (Å²) in [6.07, 6.45) is 6.37. The van der Waals surface area contributed by atoms with E-state index in [0.29, 0.717) is 30.9 Å². The van der Waals surface area contributed by atoms with Crippen molar-refractivity contribution in [3.63, 3.8) is 0 Å². The number of fused-ring (bicyclic) bond motifs is 1. The van der Waals surface area contributed by atoms with Crippen LogP contribution in [0.5, 0.6) is 0 Å². The van der Waals surface area contributed by atoms with E-state index in [1.165, 1.54) is 0 Å². The number of nitrogens with two attached hydrogens (primary N) is 1. The monoisotopic (exact) mass is 499 g/mol. The predicted molar refractivity (Wildman–Crippen MR) is 138 cm³/mol. The van der Waals surface area contributed by atoms with Crippen LogP contribution in [-0.4, -0.2) is 41.3 Å². The second-order valence-electron chi connectivity index (χ2n) is 10.9. The highest BCUT2D eigenvalue weighted by Crippen LogP contribution is 2.37. The van der Waals surface area contributed by atoms with Gasteiger partial charge in [0.15, 0.2) is 11.2 Å². The lowest BCUT2D eigenvalue weighted by Crippen LogP contribution is -2.50. The summed E-state index contributed by atoms with van der Waals surface area (Å²) in [5, 5.41) is 13.2. The maximum atomic E-state index is 9.16. The second kappa shape index (κ2) is 10.6. The molecule has 3 atom stereocenters. The number of aryl methyl sites for hydroxylation is 1. The first-order valence-electron chi connectivity index (χ1n) is 12.5. The van der Waals surface area contributed by atoms with Gasteiger partial charge in [-0.15, -0.1) is 0 Å². The molecule has 0 bridgehead atoms. The molecule has 0 saturated heterocycles. The van der Waals surface area contributed by atoms with Crippen LogP contribution in [0, 0.1) is 24.2 Å². The lowest BCUT2D eigenvalue weighted by molar-refractivity contribution is -0.517. The van der Waals surface area contributed by atoms with Crippen LogP contribution in [-0.2, 0) is 22.8 Å². The van der Waals surface area contributed by atoms with E-state index >= 15 is 0 Å². The van der Waals surface area contributed by atoms with Crippen LogP contribution in [0.3, 0.4) is 0 Å². The third-order valence-corrected chi connectivity index (χ3v) is 8.57. The number of nitrogens with zero attached hydrogens (tertiary/aromatic N) is 4. The molecule has 0 aliphatic heterocycles. The lowest BCUT2D eigenvalue weighted by atomic mass is 9.92. The Hall–Kier alpha value is -2.56. The minimum absolute atomic E-state index is 0.0540. The Morgan fingerprint density at radius 2 is 2.14 bits per heavy atom. The molecule has 0 aromatic carbocycles. The summed E-state index contributed by atoms with van der Waals surface area (Å²) in [4.78, 5) is 4.57. The van der Waals surface area contributed by atoms with E-state index in [1.807, 2.05) is 34.4 Å². The first-order chi connectivity index (χ1) is 16.7. The quantitative estimate of drug-likeness (QED) is 0.141. The van der Waals surface area contributed by atoms with Crippen LogP contribution < -0.4 is 10.3 Å². The van der Waals surface area contributed by atoms with Crippen LogP contribution in [0.1, 0.15) is 37.6 Å². The Balaban J connectivity index is 1.48. The minimum atomic E-state index is -1.14. The van der Waals surface area contributed by atoms with Gasteiger partial charge in [0.2, 0.25) is 11.7 Å². The molecule has 1 saturated carbocycles. The van der Waals surface area contributed by atoms with Crippen molar-refractivity contribution in [1.82, 2.24) is 14.7 Å². The molecule has 3 N–H and O–H groups in total. The number of nitrogens with one attached hydrogen (secondary N) is 1. The van der Waals surface area contributed by atoms with Gasteiger partial charge in [-0.3, -0.25) is 0 Å². The summed E-state index contributed by atoms with van der Waals surface area (Å²) in [7, 11) is -1.14. The molecule has 1 aliphatic carbocycles. The zero-order chi connectivity index (χ0) is 25.2. The molecule has 0 spiro atoms. The van der Waals surface area contributed by atoms with E-state index in [-0.39, 0.29) is 12.0 Å². The van der Waals surface area contributed by atoms with Crippen LogP contribution in [0.4, 0.5) is 5.82 Å². The molecule has 3 unspecified atom stereocenters. The molecule has 3 heterocycles. The highest BCUT2D eigenvalue weighted by atomic mass is 28.3. The highest BCUT2D eigenvalue weighted by molar-refractivity contribution is 6.76. The van der Waals surface area contributed by atoms with Crippen molar-refractivity contribution in [2.75, 3.05) is 12.3 Å². The molecule has 35 heavy (non-hydrogen) atoms. The summed E-state index contributed by atoms with van der Waals surface area (Å²) in [5.74, 6) is 2.16. The Labute approximate surface area is 208 Å². The van der Waals surface area contributed by atoms with Gasteiger partial charge >= 0.3 is 0 Å². The van der Waals surface area contributed by atoms with E-state index < -0.39 is 8.07 Å². The zero-order valence-electron chi connectivity index (χ0n) is 21.6. The summed E-state index contributed by atoms with van der Waals surface area (Å²) in [5.41, 5.74) is 8.78. The van der Waals surface area contributed by atoms with Gasteiger partial charge in [-0.25, -0.2) is 4.98 Å². The zero-order valence-corrected chi connectivity index (χ0v) is 22.6. The fourth-order valence-corrected chi connectivity index (χ4v) is 5.61. The predicted octanol–water partition coefficient (Wildman–Crippen LogP) is 4.36. The van der Waals surface area contributed by atoms with Gasteiger partial charge in [0, 0.05) is 26.9 Å². The van der Waals surface area contributed by atoms with Crippen molar-refractivity contribution in [3.05, 3.63) is 36.0 Å². The van der Waals surface area contributed by atoms with Crippen molar-refractivity contribution < 1.29 is 18.6 Å². The Kier molecular flexibility index (Phi) is 7.73. The normalized spacial score (nSPS) is 20.7. The Morgan fingerprint density at radius 3 is 2.83 bits per heavy atom. The summed E-state index contributed by atoms with van der Waals surface area (Å²) in [6.45, 7) is 12.7. The lowest BCUT2D eigenvalue weighted by Gasteiger charge is -2.17. The average molecular weight is 500 g/mol. The number of hydrogen-bond donors (Lipinski definition) is 2. The average Bonchev–Trinajstić information content (AvgIpc) is 3.52. The van der Waals surface area contributed by atoms with Gasteiger partial charge in [-0.05, 0) is 37.8 Å². The van der Waals surface area contributed by atoms with Gasteiger partial charge in [0.25, 0.3) is 0 Å². The standard InChI is InChI=1S/C25H38N6O3Si/c1-6-18-12-20(33-15-19-11-17(2)34-29-19)13-21(18)24(27)31-22-7-8-30(25(22)28-14-23(31)26)16-32-9-10-35(3,4)5/h7-8,11,14,18,20-21,26-27H,6,9-10,12-13,15-16H2,1-5H3/p+1. The third-order valence-electron chi connectivity index (χ3n) is 6.87. The molecule has 9 nitrogen and oxygen atoms in total. The van der Waals surface area contributed by atoms with Gasteiger partial charge in [0.1, 0.15) is 24.4 Å². The van der Waals surface area contributed by atoms with E-state index in [9.17, 15) is 0 Å². The second-order valence-corrected chi connectivity index (χ2v) is 16.5. The molecular formula is C25H39N6O3Si+. The van der Waals surface area contributed by atoms with Crippen molar-refractivity contribution in [3.8, 4) is 0 Å². The van der Waals surface area contributed by atoms with Crippen LogP contribution >= 0.6 is 0 Å². The molecule has 0 radical (unpaired) electrons. The van der Waals surface area contributed by atoms with Crippen molar-refractivity contribution in [2.24, 2.45) is 11.8 Å². The Morgan fingerprint density at radius 1 is 1.34 bits per heavy atom. The number of aromatic nitrogens is 4. The molecule has 3 aromatic rings. The van der Waals surface area contributed by atoms with Gasteiger partial charge < -0.3 is 24.3 Å². The molecule has 1 aliphatic rings. The number of hydrogen-bond acceptors (Lipinski definition) is 7. The maximum Gasteiger partial charge on any atom is 0.243 e. The molecule has 4 rings (SSSR count). The smallest absolute Gasteiger partial charge is 0.243 e. The number of rotatable bonds is 10. The summed E-state index contributed by atoms with van der Waals surface area (Å²) >= 11 is 0. The SMILES string of the molecule is CCC1CC(OCc2cc(C)on2)CC1C(=N)[n+]1c(N)cnc2c1ccn2COCC[Si](C)(C)C. The van der Waals surface area contributed by atoms with Gasteiger partial charge in [0.05, 0.1) is 18.6 Å². The van der Waals surface area contributed by atoms with Crippen LogP contribution in [0.2, 0.25) is 25.7 Å². The first kappa shape index (κ1) is 25.5. The molecule has 10 heteroatoms. The number of nitrogen functional groups attached to an aromatic ring is 1. The molecule has 1 fully saturated rings. The van der Waals surface area contributed by atoms with E-state index in [0.717, 1.165) is 54.5 Å². The largest absolute Gasteiger partial charge is 0.372 e. The van der Waals surface area contributed by atoms with Crippen molar-refractivity contribution in [2.45, 2.75) is 78.2 Å². The number of anilines is 1. The van der Waals surface area contributed by atoms with E-state index in [2.05, 4.69) is 36.7 Å². The van der Waals surface area contributed by atoms with Gasteiger partial charge in [-0.2, -0.15) is 9.98 Å². The number of ether oxygens (including phenoxy) is 2. The molecule has 0 amide bonds. The van der Waals surface area contributed by atoms with Crippen molar-refractivity contribution >= 4 is 30.9 Å². The highest BCUT2D eigenvalue weighted by Gasteiger charge is 2.40. The van der Waals surface area contributed by atoms with Gasteiger partial charge in [-0.1, -0.05) is 38.1 Å². The van der Waals surface area contributed by atoms with Crippen LogP contribution in [0.15, 0.2) is 29.0 Å². The third kappa shape index (κ3) is 5.99. The summed E-state index contributed by atoms with van der Waals surface area (Å²) in [6, 6.07) is 5.00. The maximum absolute atomic E-state index is 9.16. The van der Waals surface area contributed by atoms with E-state index in [1.54, 1.807) is 6.20 Å². The van der Waals surface area contributed by atoms with E-state index in [4.69, 9.17) is 25.1 Å². The fraction of sp³-hybridized carbons (Fsp3) is 0.600. The first-order valence-corrected chi connectivity index (χ1v) is 16.2. The summed E-state index contributed by atoms with van der Waals surface area (Å²) < 4.78 is 21.1. The Bertz CT molecular complexity index is 1170. The van der Waals surface area contributed by atoms with Crippen LogP contribution in [0.25, 0.3) is 11.2 Å². The fourth-order valence-electron chi connectivity index (χ4n) is 4.86. The minimum Gasteiger partial charge on any atom is -0.372 e.